The molecule has 3 rings (SSSR count). The zero-order valence-electron chi connectivity index (χ0n) is 14.4. The van der Waals surface area contributed by atoms with Crippen molar-refractivity contribution < 1.29 is 35.8 Å². The predicted octanol–water partition coefficient (Wildman–Crippen LogP) is 5.87. The molecule has 0 amide bonds. The smallest absolute Gasteiger partial charge is 0.420 e. The fraction of sp³-hybridized carbons (Fsp3) is 0.0526. The van der Waals surface area contributed by atoms with Crippen LogP contribution in [-0.4, -0.2) is 0 Å². The second kappa shape index (κ2) is 7.46. The number of anilines is 2. The quantitative estimate of drug-likeness (QED) is 0.414. The zero-order valence-corrected chi connectivity index (χ0v) is 14.4. The lowest BCUT2D eigenvalue weighted by Crippen LogP contribution is -2.09. The average molecular weight is 414 g/mol. The minimum Gasteiger partial charge on any atom is -0.454 e. The second-order valence-corrected chi connectivity index (χ2v) is 5.90. The Labute approximate surface area is 160 Å². The summed E-state index contributed by atoms with van der Waals surface area (Å²) in [7, 11) is 0. The van der Waals surface area contributed by atoms with Crippen LogP contribution in [0.2, 0.25) is 0 Å². The molecule has 0 saturated heterocycles. The van der Waals surface area contributed by atoms with Gasteiger partial charge in [0.05, 0.1) is 0 Å². The lowest BCUT2D eigenvalue weighted by atomic mass is 10.1. The molecule has 152 valence electrons. The third kappa shape index (κ3) is 4.65. The maximum atomic E-state index is 14.8. The number of ether oxygens (including phenoxy) is 2. The Bertz CT molecular complexity index is 1030. The first-order chi connectivity index (χ1) is 13.5. The minimum atomic E-state index is -4.99. The summed E-state index contributed by atoms with van der Waals surface area (Å²) in [4.78, 5) is 0. The van der Waals surface area contributed by atoms with Crippen molar-refractivity contribution in [1.82, 2.24) is 0 Å². The number of hydrogen-bond acceptors (Lipinski definition) is 4. The molecule has 0 fully saturated rings. The van der Waals surface area contributed by atoms with E-state index in [0.29, 0.717) is 12.1 Å². The van der Waals surface area contributed by atoms with E-state index in [1.807, 2.05) is 0 Å². The average Bonchev–Trinajstić information content (AvgIpc) is 2.55. The standard InChI is InChI=1S/C19H12F6N2O2/c20-9-3-11(26)7-13(5-9)28-16-2-1-15(19(23,24)25)18(17(16)22)29-14-6-10(21)4-12(27)8-14/h1-8H,26-27H2. The molecule has 0 radical (unpaired) electrons. The van der Waals surface area contributed by atoms with Gasteiger partial charge < -0.3 is 20.9 Å². The van der Waals surface area contributed by atoms with Crippen LogP contribution in [0.1, 0.15) is 5.56 Å². The molecule has 3 aromatic rings. The highest BCUT2D eigenvalue weighted by Gasteiger charge is 2.37. The molecule has 0 heterocycles. The monoisotopic (exact) mass is 414 g/mol. The summed E-state index contributed by atoms with van der Waals surface area (Å²) in [6.45, 7) is 0. The molecule has 0 spiro atoms. The van der Waals surface area contributed by atoms with E-state index < -0.39 is 46.4 Å². The first-order valence-electron chi connectivity index (χ1n) is 7.90. The molecule has 0 atom stereocenters. The fourth-order valence-corrected chi connectivity index (χ4v) is 2.47. The molecule has 4 nitrogen and oxygen atoms in total. The number of benzene rings is 3. The van der Waals surface area contributed by atoms with Gasteiger partial charge >= 0.3 is 6.18 Å². The maximum Gasteiger partial charge on any atom is 0.420 e. The highest BCUT2D eigenvalue weighted by molar-refractivity contribution is 5.51. The van der Waals surface area contributed by atoms with Crippen molar-refractivity contribution in [2.45, 2.75) is 6.18 Å². The molecule has 0 aliphatic rings. The summed E-state index contributed by atoms with van der Waals surface area (Å²) in [6.07, 6.45) is -4.99. The highest BCUT2D eigenvalue weighted by atomic mass is 19.4. The number of halogens is 6. The molecule has 0 saturated carbocycles. The van der Waals surface area contributed by atoms with Gasteiger partial charge in [-0.05, 0) is 24.3 Å². The molecule has 0 bridgehead atoms. The Morgan fingerprint density at radius 1 is 0.690 bits per heavy atom. The zero-order chi connectivity index (χ0) is 21.3. The van der Waals surface area contributed by atoms with Gasteiger partial charge in [0.1, 0.15) is 28.7 Å². The van der Waals surface area contributed by atoms with Crippen LogP contribution in [0.15, 0.2) is 48.5 Å². The molecule has 0 aliphatic heterocycles. The lowest BCUT2D eigenvalue weighted by Gasteiger charge is -2.17. The molecule has 10 heteroatoms. The Kier molecular flexibility index (Phi) is 5.19. The summed E-state index contributed by atoms with van der Waals surface area (Å²) >= 11 is 0. The van der Waals surface area contributed by atoms with Gasteiger partial charge in [-0.2, -0.15) is 17.6 Å². The van der Waals surface area contributed by atoms with Crippen LogP contribution in [0.4, 0.5) is 37.7 Å². The van der Waals surface area contributed by atoms with Gasteiger partial charge in [0.15, 0.2) is 11.5 Å². The van der Waals surface area contributed by atoms with Crippen molar-refractivity contribution >= 4 is 11.4 Å². The van der Waals surface area contributed by atoms with E-state index >= 15 is 0 Å². The highest BCUT2D eigenvalue weighted by Crippen LogP contribution is 2.43. The van der Waals surface area contributed by atoms with Crippen LogP contribution in [0.5, 0.6) is 23.0 Å². The first kappa shape index (κ1) is 20.2. The molecular weight excluding hydrogens is 402 g/mol. The van der Waals surface area contributed by atoms with E-state index in [1.165, 1.54) is 0 Å². The topological polar surface area (TPSA) is 70.5 Å². The van der Waals surface area contributed by atoms with Crippen LogP contribution in [0.25, 0.3) is 0 Å². The van der Waals surface area contributed by atoms with Crippen molar-refractivity contribution in [3.8, 4) is 23.0 Å². The van der Waals surface area contributed by atoms with Gasteiger partial charge in [0.2, 0.25) is 5.82 Å². The molecule has 0 unspecified atom stereocenters. The van der Waals surface area contributed by atoms with Crippen molar-refractivity contribution in [2.24, 2.45) is 0 Å². The first-order valence-corrected chi connectivity index (χ1v) is 7.90. The molecule has 29 heavy (non-hydrogen) atoms. The van der Waals surface area contributed by atoms with Gasteiger partial charge in [0.25, 0.3) is 0 Å². The Morgan fingerprint density at radius 2 is 1.21 bits per heavy atom. The predicted molar refractivity (Wildman–Crippen MR) is 93.2 cm³/mol. The Hall–Kier alpha value is -3.56. The van der Waals surface area contributed by atoms with E-state index in [4.69, 9.17) is 20.9 Å². The molecule has 0 aromatic heterocycles. The summed E-state index contributed by atoms with van der Waals surface area (Å²) in [6, 6.07) is 6.85. The van der Waals surface area contributed by atoms with Gasteiger partial charge in [-0.3, -0.25) is 0 Å². The third-order valence-electron chi connectivity index (χ3n) is 3.60. The maximum absolute atomic E-state index is 14.8. The normalized spacial score (nSPS) is 11.4. The number of alkyl halides is 3. The van der Waals surface area contributed by atoms with Gasteiger partial charge in [-0.25, -0.2) is 8.78 Å². The van der Waals surface area contributed by atoms with Crippen LogP contribution in [0, 0.1) is 17.5 Å². The van der Waals surface area contributed by atoms with E-state index in [2.05, 4.69) is 0 Å². The van der Waals surface area contributed by atoms with Crippen LogP contribution in [-0.2, 0) is 6.18 Å². The number of nitrogen functional groups attached to an aromatic ring is 2. The number of rotatable bonds is 4. The second-order valence-electron chi connectivity index (χ2n) is 5.90. The largest absolute Gasteiger partial charge is 0.454 e. The van der Waals surface area contributed by atoms with Crippen molar-refractivity contribution in [1.29, 1.82) is 0 Å². The molecule has 3 aromatic carbocycles. The van der Waals surface area contributed by atoms with E-state index in [0.717, 1.165) is 36.4 Å². The summed E-state index contributed by atoms with van der Waals surface area (Å²) < 4.78 is 91.7. The van der Waals surface area contributed by atoms with Gasteiger partial charge in [-0.1, -0.05) is 0 Å². The molecular formula is C19H12F6N2O2. The minimum absolute atomic E-state index is 0.0426. The summed E-state index contributed by atoms with van der Waals surface area (Å²) in [5, 5.41) is 0. The van der Waals surface area contributed by atoms with E-state index in [9.17, 15) is 26.3 Å². The fourth-order valence-electron chi connectivity index (χ4n) is 2.47. The summed E-state index contributed by atoms with van der Waals surface area (Å²) in [5.74, 6) is -5.88. The van der Waals surface area contributed by atoms with Gasteiger partial charge in [0, 0.05) is 35.6 Å². The summed E-state index contributed by atoms with van der Waals surface area (Å²) in [5.41, 5.74) is 9.23. The SMILES string of the molecule is Nc1cc(F)cc(Oc2ccc(C(F)(F)F)c(Oc3cc(N)cc(F)c3)c2F)c1. The third-order valence-corrected chi connectivity index (χ3v) is 3.60. The molecule has 4 N–H and O–H groups in total. The van der Waals surface area contributed by atoms with Crippen molar-refractivity contribution in [3.05, 3.63) is 71.5 Å². The Morgan fingerprint density at radius 3 is 1.69 bits per heavy atom. The van der Waals surface area contributed by atoms with Crippen LogP contribution < -0.4 is 20.9 Å². The van der Waals surface area contributed by atoms with Crippen LogP contribution >= 0.6 is 0 Å². The lowest BCUT2D eigenvalue weighted by molar-refractivity contribution is -0.138. The van der Waals surface area contributed by atoms with Gasteiger partial charge in [-0.15, -0.1) is 0 Å². The van der Waals surface area contributed by atoms with Crippen molar-refractivity contribution in [2.75, 3.05) is 11.5 Å². The van der Waals surface area contributed by atoms with E-state index in [1.54, 1.807) is 0 Å². The molecule has 0 aliphatic carbocycles. The van der Waals surface area contributed by atoms with Crippen molar-refractivity contribution in [3.63, 3.8) is 0 Å². The number of hydrogen-bond donors (Lipinski definition) is 2. The van der Waals surface area contributed by atoms with Crippen LogP contribution in [0.3, 0.4) is 0 Å². The number of nitrogens with two attached hydrogens (primary N) is 2. The van der Waals surface area contributed by atoms with E-state index in [-0.39, 0.29) is 17.1 Å². The Balaban J connectivity index is 2.07.